The van der Waals surface area contributed by atoms with Crippen molar-refractivity contribution in [1.29, 1.82) is 0 Å². The molecule has 1 aliphatic rings. The van der Waals surface area contributed by atoms with E-state index in [4.69, 9.17) is 9.47 Å². The Balaban J connectivity index is 1.99. The highest BCUT2D eigenvalue weighted by Gasteiger charge is 2.19. The molecular formula is C13H17NO3. The van der Waals surface area contributed by atoms with Crippen LogP contribution in [0.2, 0.25) is 0 Å². The van der Waals surface area contributed by atoms with Gasteiger partial charge in [0.05, 0.1) is 19.3 Å². The molecule has 0 spiro atoms. The Bertz CT molecular complexity index is 375. The van der Waals surface area contributed by atoms with E-state index >= 15 is 0 Å². The minimum atomic E-state index is -0.0624. The summed E-state index contributed by atoms with van der Waals surface area (Å²) in [6, 6.07) is 7.73. The molecule has 1 aromatic rings. The molecule has 1 aliphatic heterocycles. The van der Waals surface area contributed by atoms with E-state index in [0.717, 1.165) is 24.3 Å². The maximum Gasteiger partial charge on any atom is 0.246 e. The minimum absolute atomic E-state index is 0.0449. The van der Waals surface area contributed by atoms with Crippen LogP contribution in [0.15, 0.2) is 24.3 Å². The zero-order chi connectivity index (χ0) is 12.1. The lowest BCUT2D eigenvalue weighted by molar-refractivity contribution is -0.131. The first-order valence-electron chi connectivity index (χ1n) is 5.89. The number of amides is 1. The summed E-state index contributed by atoms with van der Waals surface area (Å²) < 4.78 is 10.7. The number of carbonyl (C=O) groups is 1. The number of nitrogens with one attached hydrogen (secondary N) is 1. The average Bonchev–Trinajstić information content (AvgIpc) is 2.37. The van der Waals surface area contributed by atoms with E-state index in [2.05, 4.69) is 12.2 Å². The lowest BCUT2D eigenvalue weighted by Crippen LogP contribution is -2.39. The van der Waals surface area contributed by atoms with Gasteiger partial charge in [-0.1, -0.05) is 19.1 Å². The summed E-state index contributed by atoms with van der Waals surface area (Å²) in [4.78, 5) is 11.2. The number of hydrogen-bond donors (Lipinski definition) is 1. The van der Waals surface area contributed by atoms with Gasteiger partial charge in [0, 0.05) is 0 Å². The normalized spacial score (nSPS) is 19.8. The van der Waals surface area contributed by atoms with Crippen molar-refractivity contribution in [2.45, 2.75) is 19.4 Å². The van der Waals surface area contributed by atoms with Crippen LogP contribution in [0.4, 0.5) is 0 Å². The van der Waals surface area contributed by atoms with Crippen molar-refractivity contribution < 1.29 is 14.3 Å². The van der Waals surface area contributed by atoms with Crippen LogP contribution in [-0.2, 0) is 9.53 Å². The topological polar surface area (TPSA) is 47.6 Å². The van der Waals surface area contributed by atoms with Crippen LogP contribution < -0.4 is 10.1 Å². The fourth-order valence-corrected chi connectivity index (χ4v) is 1.74. The van der Waals surface area contributed by atoms with Crippen molar-refractivity contribution in [1.82, 2.24) is 5.32 Å². The highest BCUT2D eigenvalue weighted by Crippen LogP contribution is 2.19. The fourth-order valence-electron chi connectivity index (χ4n) is 1.74. The maximum absolute atomic E-state index is 11.2. The van der Waals surface area contributed by atoms with Gasteiger partial charge < -0.3 is 14.8 Å². The summed E-state index contributed by atoms with van der Waals surface area (Å²) in [7, 11) is 0. The highest BCUT2D eigenvalue weighted by atomic mass is 16.5. The molecule has 0 radical (unpaired) electrons. The lowest BCUT2D eigenvalue weighted by Gasteiger charge is -2.23. The van der Waals surface area contributed by atoms with Gasteiger partial charge in [0.15, 0.2) is 0 Å². The van der Waals surface area contributed by atoms with E-state index in [1.54, 1.807) is 0 Å². The average molecular weight is 235 g/mol. The second-order valence-corrected chi connectivity index (χ2v) is 4.05. The molecule has 1 amide bonds. The molecule has 1 unspecified atom stereocenters. The zero-order valence-corrected chi connectivity index (χ0v) is 9.94. The van der Waals surface area contributed by atoms with Crippen molar-refractivity contribution in [3.8, 4) is 5.75 Å². The van der Waals surface area contributed by atoms with Crippen molar-refractivity contribution in [2.75, 3.05) is 19.8 Å². The third-order valence-corrected chi connectivity index (χ3v) is 2.61. The van der Waals surface area contributed by atoms with Gasteiger partial charge >= 0.3 is 0 Å². The maximum atomic E-state index is 11.2. The molecule has 4 heteroatoms. The lowest BCUT2D eigenvalue weighted by atomic mass is 10.1. The van der Waals surface area contributed by atoms with Gasteiger partial charge in [0.2, 0.25) is 5.91 Å². The van der Waals surface area contributed by atoms with E-state index in [9.17, 15) is 4.79 Å². The summed E-state index contributed by atoms with van der Waals surface area (Å²) in [5.74, 6) is 0.797. The molecule has 4 nitrogen and oxygen atoms in total. The van der Waals surface area contributed by atoms with Crippen LogP contribution >= 0.6 is 0 Å². The molecule has 1 N–H and O–H groups in total. The Labute approximate surface area is 101 Å². The molecule has 17 heavy (non-hydrogen) atoms. The van der Waals surface area contributed by atoms with Gasteiger partial charge in [-0.3, -0.25) is 4.79 Å². The van der Waals surface area contributed by atoms with Gasteiger partial charge in [-0.2, -0.15) is 0 Å². The number of hydrogen-bond acceptors (Lipinski definition) is 3. The molecule has 1 atom stereocenters. The van der Waals surface area contributed by atoms with E-state index in [1.165, 1.54) is 0 Å². The van der Waals surface area contributed by atoms with E-state index in [-0.39, 0.29) is 18.6 Å². The van der Waals surface area contributed by atoms with Crippen LogP contribution in [-0.4, -0.2) is 25.7 Å². The summed E-state index contributed by atoms with van der Waals surface area (Å²) in [6.45, 7) is 3.49. The predicted molar refractivity (Wildman–Crippen MR) is 63.9 cm³/mol. The van der Waals surface area contributed by atoms with E-state index in [1.807, 2.05) is 24.3 Å². The predicted octanol–water partition coefficient (Wildman–Crippen LogP) is 1.66. The van der Waals surface area contributed by atoms with Crippen molar-refractivity contribution >= 4 is 5.91 Å². The largest absolute Gasteiger partial charge is 0.494 e. The molecule has 0 aromatic heterocycles. The van der Waals surface area contributed by atoms with E-state index in [0.29, 0.717) is 6.61 Å². The number of rotatable bonds is 4. The summed E-state index contributed by atoms with van der Waals surface area (Å²) in [5, 5.41) is 2.89. The van der Waals surface area contributed by atoms with Crippen LogP contribution in [0.1, 0.15) is 24.9 Å². The third kappa shape index (κ3) is 3.20. The molecular weight excluding hydrogens is 218 g/mol. The second-order valence-electron chi connectivity index (χ2n) is 4.05. The monoisotopic (exact) mass is 235 g/mol. The van der Waals surface area contributed by atoms with Gasteiger partial charge in [0.25, 0.3) is 0 Å². The first-order chi connectivity index (χ1) is 8.29. The van der Waals surface area contributed by atoms with Gasteiger partial charge in [-0.05, 0) is 24.1 Å². The van der Waals surface area contributed by atoms with Gasteiger partial charge in [0.1, 0.15) is 12.4 Å². The zero-order valence-electron chi connectivity index (χ0n) is 9.94. The van der Waals surface area contributed by atoms with Crippen molar-refractivity contribution in [3.63, 3.8) is 0 Å². The molecule has 1 fully saturated rings. The molecule has 2 rings (SSSR count). The molecule has 1 aromatic carbocycles. The van der Waals surface area contributed by atoms with Gasteiger partial charge in [-0.15, -0.1) is 0 Å². The van der Waals surface area contributed by atoms with Crippen molar-refractivity contribution in [2.24, 2.45) is 0 Å². The molecule has 92 valence electrons. The Morgan fingerprint density at radius 2 is 2.18 bits per heavy atom. The number of carbonyl (C=O) groups excluding carboxylic acids is 1. The van der Waals surface area contributed by atoms with Crippen LogP contribution in [0.5, 0.6) is 5.75 Å². The number of benzene rings is 1. The first-order valence-corrected chi connectivity index (χ1v) is 5.89. The minimum Gasteiger partial charge on any atom is -0.494 e. The summed E-state index contributed by atoms with van der Waals surface area (Å²) >= 11 is 0. The Hall–Kier alpha value is -1.55. The SMILES string of the molecule is CCCOc1ccc(C2COCC(=O)N2)cc1. The van der Waals surface area contributed by atoms with Crippen molar-refractivity contribution in [3.05, 3.63) is 29.8 Å². The standard InChI is InChI=1S/C13H17NO3/c1-2-7-17-11-5-3-10(4-6-11)12-8-16-9-13(15)14-12/h3-6,12H,2,7-9H2,1H3,(H,14,15). The summed E-state index contributed by atoms with van der Waals surface area (Å²) in [6.07, 6.45) is 0.994. The third-order valence-electron chi connectivity index (χ3n) is 2.61. The quantitative estimate of drug-likeness (QED) is 0.863. The first kappa shape index (κ1) is 11.9. The molecule has 0 bridgehead atoms. The smallest absolute Gasteiger partial charge is 0.246 e. The Morgan fingerprint density at radius 3 is 2.82 bits per heavy atom. The summed E-state index contributed by atoms with van der Waals surface area (Å²) in [5.41, 5.74) is 1.04. The number of morpholine rings is 1. The van der Waals surface area contributed by atoms with Crippen LogP contribution in [0, 0.1) is 0 Å². The highest BCUT2D eigenvalue weighted by molar-refractivity contribution is 5.78. The second kappa shape index (κ2) is 5.68. The molecule has 1 heterocycles. The number of ether oxygens (including phenoxy) is 2. The molecule has 0 saturated carbocycles. The Kier molecular flexibility index (Phi) is 3.98. The van der Waals surface area contributed by atoms with E-state index < -0.39 is 0 Å². The molecule has 1 saturated heterocycles. The fraction of sp³-hybridized carbons (Fsp3) is 0.462. The Morgan fingerprint density at radius 1 is 1.41 bits per heavy atom. The van der Waals surface area contributed by atoms with Crippen LogP contribution in [0.3, 0.4) is 0 Å². The van der Waals surface area contributed by atoms with Crippen LogP contribution in [0.25, 0.3) is 0 Å². The van der Waals surface area contributed by atoms with Gasteiger partial charge in [-0.25, -0.2) is 0 Å². The molecule has 0 aliphatic carbocycles.